The Labute approximate surface area is 124 Å². The number of aryl methyl sites for hydroxylation is 1. The molecule has 0 radical (unpaired) electrons. The molecule has 0 spiro atoms. The number of carboxylic acids is 1. The molecule has 0 bridgehead atoms. The van der Waals surface area contributed by atoms with Gasteiger partial charge in [0, 0.05) is 25.3 Å². The lowest BCUT2D eigenvalue weighted by Gasteiger charge is -2.27. The van der Waals surface area contributed by atoms with Crippen LogP contribution in [-0.2, 0) is 11.3 Å². The highest BCUT2D eigenvalue weighted by atomic mass is 16.4. The maximum Gasteiger partial charge on any atom is 0.320 e. The Morgan fingerprint density at radius 3 is 2.67 bits per heavy atom. The van der Waals surface area contributed by atoms with Gasteiger partial charge >= 0.3 is 12.0 Å². The predicted octanol–water partition coefficient (Wildman–Crippen LogP) is 1.88. The van der Waals surface area contributed by atoms with Gasteiger partial charge in [0.1, 0.15) is 0 Å². The lowest BCUT2D eigenvalue weighted by atomic mass is 10.3. The fourth-order valence-corrected chi connectivity index (χ4v) is 2.25. The molecule has 0 saturated heterocycles. The summed E-state index contributed by atoms with van der Waals surface area (Å²) in [6.07, 6.45) is 1.91. The van der Waals surface area contributed by atoms with Crippen molar-refractivity contribution < 1.29 is 14.7 Å². The first-order chi connectivity index (χ1) is 9.97. The first-order valence-corrected chi connectivity index (χ1v) is 7.13. The maximum absolute atomic E-state index is 12.5. The van der Waals surface area contributed by atoms with Crippen molar-refractivity contribution in [2.24, 2.45) is 0 Å². The maximum atomic E-state index is 12.5. The molecule has 0 aliphatic heterocycles. The number of hydrogen-bond acceptors (Lipinski definition) is 3. The number of rotatable bonds is 6. The Hall–Kier alpha value is -2.11. The molecule has 6 heteroatoms. The quantitative estimate of drug-likeness (QED) is 0.868. The molecular weight excluding hydrogens is 270 g/mol. The average Bonchev–Trinajstić information content (AvgIpc) is 3.23. The topological polar surface area (TPSA) is 73.7 Å². The van der Waals surface area contributed by atoms with Crippen LogP contribution < -0.4 is 0 Å². The van der Waals surface area contributed by atoms with Gasteiger partial charge in [-0.1, -0.05) is 6.07 Å². The van der Waals surface area contributed by atoms with Crippen LogP contribution in [0.15, 0.2) is 18.2 Å². The Morgan fingerprint density at radius 1 is 1.38 bits per heavy atom. The standard InChI is InChI=1S/C15H21N3O3/c1-11-4-3-5-12(16-11)10-17(2)15(21)18(13-6-7-13)9-8-14(19)20/h3-5,13H,6-10H2,1-2H3,(H,19,20). The number of carboxylic acid groups (broad SMARTS) is 1. The van der Waals surface area contributed by atoms with Crippen molar-refractivity contribution in [1.82, 2.24) is 14.8 Å². The number of pyridine rings is 1. The molecule has 0 atom stereocenters. The van der Waals surface area contributed by atoms with Crippen LogP contribution >= 0.6 is 0 Å². The molecule has 1 aromatic heterocycles. The van der Waals surface area contributed by atoms with E-state index in [9.17, 15) is 9.59 Å². The zero-order valence-electron chi connectivity index (χ0n) is 12.5. The third-order valence-electron chi connectivity index (χ3n) is 3.47. The highest BCUT2D eigenvalue weighted by Crippen LogP contribution is 2.28. The zero-order valence-corrected chi connectivity index (χ0v) is 12.5. The summed E-state index contributed by atoms with van der Waals surface area (Å²) >= 11 is 0. The van der Waals surface area contributed by atoms with E-state index >= 15 is 0 Å². The van der Waals surface area contributed by atoms with Gasteiger partial charge in [-0.25, -0.2) is 4.79 Å². The summed E-state index contributed by atoms with van der Waals surface area (Å²) in [7, 11) is 1.72. The lowest BCUT2D eigenvalue weighted by molar-refractivity contribution is -0.137. The van der Waals surface area contributed by atoms with E-state index < -0.39 is 5.97 Å². The molecule has 1 aliphatic carbocycles. The number of carbonyl (C=O) groups excluding carboxylic acids is 1. The fraction of sp³-hybridized carbons (Fsp3) is 0.533. The van der Waals surface area contributed by atoms with Crippen molar-refractivity contribution >= 4 is 12.0 Å². The highest BCUT2D eigenvalue weighted by Gasteiger charge is 2.34. The molecular formula is C15H21N3O3. The van der Waals surface area contributed by atoms with Crippen molar-refractivity contribution in [2.45, 2.75) is 38.8 Å². The SMILES string of the molecule is Cc1cccc(CN(C)C(=O)N(CCC(=O)O)C2CC2)n1. The number of amides is 2. The molecule has 1 aromatic rings. The normalized spacial score (nSPS) is 13.8. The van der Waals surface area contributed by atoms with Crippen molar-refractivity contribution in [3.05, 3.63) is 29.6 Å². The van der Waals surface area contributed by atoms with Crippen molar-refractivity contribution in [2.75, 3.05) is 13.6 Å². The summed E-state index contributed by atoms with van der Waals surface area (Å²) in [4.78, 5) is 30.8. The number of urea groups is 1. The first kappa shape index (κ1) is 15.3. The minimum absolute atomic E-state index is 0.0151. The molecule has 0 aromatic carbocycles. The van der Waals surface area contributed by atoms with Crippen LogP contribution in [0.1, 0.15) is 30.7 Å². The van der Waals surface area contributed by atoms with Crippen LogP contribution in [0.4, 0.5) is 4.79 Å². The molecule has 6 nitrogen and oxygen atoms in total. The van der Waals surface area contributed by atoms with Crippen LogP contribution in [0.2, 0.25) is 0 Å². The van der Waals surface area contributed by atoms with Gasteiger partial charge in [-0.2, -0.15) is 0 Å². The molecule has 1 saturated carbocycles. The second kappa shape index (κ2) is 6.56. The number of nitrogens with zero attached hydrogens (tertiary/aromatic N) is 3. The molecule has 1 fully saturated rings. The van der Waals surface area contributed by atoms with Crippen LogP contribution in [0.5, 0.6) is 0 Å². The van der Waals surface area contributed by atoms with Gasteiger partial charge < -0.3 is 14.9 Å². The Balaban J connectivity index is 1.97. The minimum Gasteiger partial charge on any atom is -0.481 e. The van der Waals surface area contributed by atoms with Gasteiger partial charge in [-0.15, -0.1) is 0 Å². The van der Waals surface area contributed by atoms with Gasteiger partial charge in [-0.3, -0.25) is 9.78 Å². The largest absolute Gasteiger partial charge is 0.481 e. The van der Waals surface area contributed by atoms with E-state index in [2.05, 4.69) is 4.98 Å². The third-order valence-corrected chi connectivity index (χ3v) is 3.47. The van der Waals surface area contributed by atoms with E-state index in [0.29, 0.717) is 6.54 Å². The van der Waals surface area contributed by atoms with E-state index in [4.69, 9.17) is 5.11 Å². The van der Waals surface area contributed by atoms with Gasteiger partial charge in [0.15, 0.2) is 0 Å². The molecule has 21 heavy (non-hydrogen) atoms. The minimum atomic E-state index is -0.878. The molecule has 114 valence electrons. The summed E-state index contributed by atoms with van der Waals surface area (Å²) in [5.41, 5.74) is 1.75. The van der Waals surface area contributed by atoms with Crippen LogP contribution in [0.25, 0.3) is 0 Å². The number of hydrogen-bond donors (Lipinski definition) is 1. The second-order valence-electron chi connectivity index (χ2n) is 5.48. The third kappa shape index (κ3) is 4.44. The first-order valence-electron chi connectivity index (χ1n) is 7.13. The Bertz CT molecular complexity index is 529. The zero-order chi connectivity index (χ0) is 15.4. The molecule has 1 heterocycles. The van der Waals surface area contributed by atoms with E-state index in [0.717, 1.165) is 24.2 Å². The van der Waals surface area contributed by atoms with Crippen molar-refractivity contribution in [3.63, 3.8) is 0 Å². The van der Waals surface area contributed by atoms with Gasteiger partial charge in [-0.05, 0) is 31.9 Å². The summed E-state index contributed by atoms with van der Waals surface area (Å²) in [5, 5.41) is 8.79. The molecule has 0 unspecified atom stereocenters. The lowest BCUT2D eigenvalue weighted by Crippen LogP contribution is -2.43. The number of carbonyl (C=O) groups is 2. The smallest absolute Gasteiger partial charge is 0.320 e. The second-order valence-corrected chi connectivity index (χ2v) is 5.48. The Kier molecular flexibility index (Phi) is 4.77. The Morgan fingerprint density at radius 2 is 2.10 bits per heavy atom. The summed E-state index contributed by atoms with van der Waals surface area (Å²) in [6.45, 7) is 2.61. The van der Waals surface area contributed by atoms with E-state index in [1.54, 1.807) is 16.8 Å². The van der Waals surface area contributed by atoms with Crippen LogP contribution in [-0.4, -0.2) is 51.5 Å². The van der Waals surface area contributed by atoms with E-state index in [1.807, 2.05) is 25.1 Å². The van der Waals surface area contributed by atoms with Gasteiger partial charge in [0.2, 0.25) is 0 Å². The molecule has 2 amide bonds. The van der Waals surface area contributed by atoms with Crippen molar-refractivity contribution in [1.29, 1.82) is 0 Å². The summed E-state index contributed by atoms with van der Waals surface area (Å²) < 4.78 is 0. The van der Waals surface area contributed by atoms with Crippen LogP contribution in [0.3, 0.4) is 0 Å². The number of aliphatic carboxylic acids is 1. The predicted molar refractivity (Wildman–Crippen MR) is 77.8 cm³/mol. The van der Waals surface area contributed by atoms with Crippen LogP contribution in [0, 0.1) is 6.92 Å². The van der Waals surface area contributed by atoms with Gasteiger partial charge in [0.05, 0.1) is 18.7 Å². The molecule has 1 N–H and O–H groups in total. The molecule has 1 aliphatic rings. The monoisotopic (exact) mass is 291 g/mol. The summed E-state index contributed by atoms with van der Waals surface area (Å²) in [6, 6.07) is 5.79. The molecule has 2 rings (SSSR count). The van der Waals surface area contributed by atoms with Gasteiger partial charge in [0.25, 0.3) is 0 Å². The van der Waals surface area contributed by atoms with E-state index in [1.165, 1.54) is 0 Å². The fourth-order valence-electron chi connectivity index (χ4n) is 2.25. The van der Waals surface area contributed by atoms with E-state index in [-0.39, 0.29) is 25.0 Å². The summed E-state index contributed by atoms with van der Waals surface area (Å²) in [5.74, 6) is -0.878. The number of aromatic nitrogens is 1. The van der Waals surface area contributed by atoms with Crippen molar-refractivity contribution in [3.8, 4) is 0 Å². The average molecular weight is 291 g/mol. The highest BCUT2D eigenvalue weighted by molar-refractivity contribution is 5.76.